The molecule has 2 atom stereocenters. The Morgan fingerprint density at radius 2 is 1.67 bits per heavy atom. The smallest absolute Gasteiger partial charge is 0.262 e. The van der Waals surface area contributed by atoms with Gasteiger partial charge in [0.1, 0.15) is 0 Å². The number of amides is 1. The fourth-order valence-electron chi connectivity index (χ4n) is 3.89. The quantitative estimate of drug-likeness (QED) is 0.851. The van der Waals surface area contributed by atoms with Crippen LogP contribution in [0.1, 0.15) is 29.6 Å². The van der Waals surface area contributed by atoms with E-state index in [1.54, 1.807) is 0 Å². The lowest BCUT2D eigenvalue weighted by Gasteiger charge is -2.35. The lowest BCUT2D eigenvalue weighted by molar-refractivity contribution is 0.0991. The van der Waals surface area contributed by atoms with Gasteiger partial charge < -0.3 is 0 Å². The van der Waals surface area contributed by atoms with Gasteiger partial charge in [-0.2, -0.15) is 0 Å². The summed E-state index contributed by atoms with van der Waals surface area (Å²) in [5.74, 6) is 0.0528. The first-order valence-corrected chi connectivity index (χ1v) is 8.61. The molecule has 2 aromatic carbocycles. The number of carbonyl (C=O) groups is 1. The highest BCUT2D eigenvalue weighted by atomic mass is 16.2. The first-order chi connectivity index (χ1) is 11.7. The molecular weight excluding hydrogens is 296 g/mol. The van der Waals surface area contributed by atoms with Gasteiger partial charge in [0.25, 0.3) is 5.91 Å². The second kappa shape index (κ2) is 6.25. The van der Waals surface area contributed by atoms with Gasteiger partial charge in [-0.15, -0.1) is 0 Å². The Labute approximate surface area is 143 Å². The van der Waals surface area contributed by atoms with E-state index in [-0.39, 0.29) is 5.91 Å². The van der Waals surface area contributed by atoms with Gasteiger partial charge >= 0.3 is 0 Å². The van der Waals surface area contributed by atoms with E-state index in [4.69, 9.17) is 0 Å². The van der Waals surface area contributed by atoms with Crippen molar-refractivity contribution in [2.75, 3.05) is 11.9 Å². The standard InChI is InChI=1S/C21H22N2O/c1-22-18-12-13-19(22)15-20(14-18)23(17-10-6-3-7-11-17)21(24)16-8-4-2-5-9-16/h2-11,14,18-19H,12-13,15H2,1H3/t18-,19+/m1/s1. The number of likely N-dealkylation sites (N-methyl/N-ethyl adjacent to an activating group) is 1. The molecule has 1 amide bonds. The number of anilines is 1. The maximum absolute atomic E-state index is 13.2. The Balaban J connectivity index is 1.75. The summed E-state index contributed by atoms with van der Waals surface area (Å²) < 4.78 is 0. The van der Waals surface area contributed by atoms with Crippen LogP contribution in [0.4, 0.5) is 5.69 Å². The van der Waals surface area contributed by atoms with Crippen LogP contribution in [0.2, 0.25) is 0 Å². The van der Waals surface area contributed by atoms with Crippen molar-refractivity contribution in [1.82, 2.24) is 4.90 Å². The molecule has 2 bridgehead atoms. The molecule has 0 N–H and O–H groups in total. The second-order valence-electron chi connectivity index (χ2n) is 6.67. The number of hydrogen-bond acceptors (Lipinski definition) is 2. The molecule has 2 aromatic rings. The van der Waals surface area contributed by atoms with E-state index >= 15 is 0 Å². The largest absolute Gasteiger partial charge is 0.297 e. The van der Waals surface area contributed by atoms with E-state index < -0.39 is 0 Å². The topological polar surface area (TPSA) is 23.6 Å². The van der Waals surface area contributed by atoms with Crippen molar-refractivity contribution in [3.05, 3.63) is 78.0 Å². The molecule has 0 aliphatic carbocycles. The highest BCUT2D eigenvalue weighted by Gasteiger charge is 2.36. The second-order valence-corrected chi connectivity index (χ2v) is 6.67. The SMILES string of the molecule is CN1[C@H]2CC[C@@H]1C=C(N(C(=O)c1ccccc1)c1ccccc1)C2. The van der Waals surface area contributed by atoms with E-state index in [0.29, 0.717) is 12.1 Å². The zero-order chi connectivity index (χ0) is 16.5. The number of hydrogen-bond donors (Lipinski definition) is 0. The highest BCUT2D eigenvalue weighted by Crippen LogP contribution is 2.36. The molecule has 122 valence electrons. The van der Waals surface area contributed by atoms with Gasteiger partial charge in [0.05, 0.1) is 0 Å². The Morgan fingerprint density at radius 1 is 1.00 bits per heavy atom. The van der Waals surface area contributed by atoms with Crippen molar-refractivity contribution in [1.29, 1.82) is 0 Å². The summed E-state index contributed by atoms with van der Waals surface area (Å²) in [6, 6.07) is 20.6. The lowest BCUT2D eigenvalue weighted by Crippen LogP contribution is -2.40. The van der Waals surface area contributed by atoms with Crippen molar-refractivity contribution >= 4 is 11.6 Å². The van der Waals surface area contributed by atoms with E-state index in [2.05, 4.69) is 18.0 Å². The molecule has 0 saturated carbocycles. The summed E-state index contributed by atoms with van der Waals surface area (Å²) in [5, 5.41) is 0. The number of rotatable bonds is 3. The predicted octanol–water partition coefficient (Wildman–Crippen LogP) is 4.08. The van der Waals surface area contributed by atoms with Crippen LogP contribution < -0.4 is 4.90 Å². The summed E-state index contributed by atoms with van der Waals surface area (Å²) >= 11 is 0. The molecule has 2 aliphatic heterocycles. The minimum atomic E-state index is 0.0528. The van der Waals surface area contributed by atoms with Crippen molar-refractivity contribution in [3.63, 3.8) is 0 Å². The Bertz CT molecular complexity index is 754. The third-order valence-corrected chi connectivity index (χ3v) is 5.25. The molecule has 1 fully saturated rings. The molecule has 0 unspecified atom stereocenters. The van der Waals surface area contributed by atoms with Gasteiger partial charge in [0, 0.05) is 35.5 Å². The average Bonchev–Trinajstić information content (AvgIpc) is 2.85. The monoisotopic (exact) mass is 318 g/mol. The molecule has 0 spiro atoms. The van der Waals surface area contributed by atoms with Crippen LogP contribution in [0.3, 0.4) is 0 Å². The Morgan fingerprint density at radius 3 is 2.33 bits per heavy atom. The van der Waals surface area contributed by atoms with E-state index in [9.17, 15) is 4.79 Å². The summed E-state index contributed by atoms with van der Waals surface area (Å²) in [4.78, 5) is 17.6. The van der Waals surface area contributed by atoms with E-state index in [0.717, 1.165) is 23.4 Å². The number of fused-ring (bicyclic) bond motifs is 2. The molecule has 0 aromatic heterocycles. The van der Waals surface area contributed by atoms with Crippen LogP contribution in [0.15, 0.2) is 72.4 Å². The van der Waals surface area contributed by atoms with Crippen molar-refractivity contribution in [2.45, 2.75) is 31.3 Å². The normalized spacial score (nSPS) is 23.0. The maximum atomic E-state index is 13.2. The number of carbonyl (C=O) groups excluding carboxylic acids is 1. The number of nitrogens with zero attached hydrogens (tertiary/aromatic N) is 2. The molecule has 3 heteroatoms. The van der Waals surface area contributed by atoms with E-state index in [1.165, 1.54) is 12.8 Å². The fourth-order valence-corrected chi connectivity index (χ4v) is 3.89. The maximum Gasteiger partial charge on any atom is 0.262 e. The molecule has 4 rings (SSSR count). The van der Waals surface area contributed by atoms with Gasteiger partial charge in [0.2, 0.25) is 0 Å². The van der Waals surface area contributed by atoms with Gasteiger partial charge in [-0.25, -0.2) is 0 Å². The van der Waals surface area contributed by atoms with Crippen molar-refractivity contribution in [3.8, 4) is 0 Å². The molecule has 2 heterocycles. The number of benzene rings is 2. The van der Waals surface area contributed by atoms with Crippen LogP contribution in [0.5, 0.6) is 0 Å². The fraction of sp³-hybridized carbons (Fsp3) is 0.286. The molecule has 3 nitrogen and oxygen atoms in total. The molecule has 0 radical (unpaired) electrons. The molecule has 24 heavy (non-hydrogen) atoms. The molecule has 1 saturated heterocycles. The van der Waals surface area contributed by atoms with Crippen LogP contribution in [-0.2, 0) is 0 Å². The number of para-hydroxylation sites is 1. The van der Waals surface area contributed by atoms with Gasteiger partial charge in [-0.1, -0.05) is 36.4 Å². The summed E-state index contributed by atoms with van der Waals surface area (Å²) in [5.41, 5.74) is 2.82. The van der Waals surface area contributed by atoms with Gasteiger partial charge in [-0.05, 0) is 50.2 Å². The minimum Gasteiger partial charge on any atom is -0.297 e. The minimum absolute atomic E-state index is 0.0528. The van der Waals surface area contributed by atoms with Crippen LogP contribution in [-0.4, -0.2) is 29.9 Å². The summed E-state index contributed by atoms with van der Waals surface area (Å²) in [7, 11) is 2.20. The third-order valence-electron chi connectivity index (χ3n) is 5.25. The van der Waals surface area contributed by atoms with Gasteiger partial charge in [-0.3, -0.25) is 14.6 Å². The molecule has 2 aliphatic rings. The molecular formula is C21H22N2O. The van der Waals surface area contributed by atoms with Crippen LogP contribution in [0, 0.1) is 0 Å². The van der Waals surface area contributed by atoms with E-state index in [1.807, 2.05) is 65.6 Å². The van der Waals surface area contributed by atoms with Gasteiger partial charge in [0.15, 0.2) is 0 Å². The first kappa shape index (κ1) is 15.2. The zero-order valence-electron chi connectivity index (χ0n) is 13.9. The zero-order valence-corrected chi connectivity index (χ0v) is 13.9. The van der Waals surface area contributed by atoms with Crippen molar-refractivity contribution in [2.24, 2.45) is 0 Å². The predicted molar refractivity (Wildman–Crippen MR) is 97.0 cm³/mol. The van der Waals surface area contributed by atoms with Crippen molar-refractivity contribution < 1.29 is 4.79 Å². The highest BCUT2D eigenvalue weighted by molar-refractivity contribution is 6.08. The van der Waals surface area contributed by atoms with Crippen LogP contribution >= 0.6 is 0 Å². The third kappa shape index (κ3) is 2.65. The average molecular weight is 318 g/mol. The Kier molecular flexibility index (Phi) is 3.95. The summed E-state index contributed by atoms with van der Waals surface area (Å²) in [6.45, 7) is 0. The first-order valence-electron chi connectivity index (χ1n) is 8.61. The lowest BCUT2D eigenvalue weighted by atomic mass is 10.0. The Hall–Kier alpha value is -2.39. The van der Waals surface area contributed by atoms with Crippen LogP contribution in [0.25, 0.3) is 0 Å². The summed E-state index contributed by atoms with van der Waals surface area (Å²) in [6.07, 6.45) is 5.62.